The molecule has 17 heavy (non-hydrogen) atoms. The minimum atomic E-state index is -0.511. The molecular formula is C11H23NO4S. The van der Waals surface area contributed by atoms with Crippen molar-refractivity contribution >= 4 is 18.9 Å². The molecule has 0 heterocycles. The lowest BCUT2D eigenvalue weighted by molar-refractivity contribution is -0.108. The van der Waals surface area contributed by atoms with Crippen LogP contribution in [0.3, 0.4) is 0 Å². The van der Waals surface area contributed by atoms with Gasteiger partial charge < -0.3 is 19.0 Å². The molecule has 0 aliphatic rings. The molecule has 0 saturated carbocycles. The molecule has 0 aromatic heterocycles. The van der Waals surface area contributed by atoms with E-state index in [1.807, 2.05) is 13.8 Å². The van der Waals surface area contributed by atoms with Crippen molar-refractivity contribution in [2.24, 2.45) is 0 Å². The third-order valence-corrected chi connectivity index (χ3v) is 2.33. The van der Waals surface area contributed by atoms with Crippen molar-refractivity contribution < 1.29 is 19.0 Å². The van der Waals surface area contributed by atoms with E-state index in [4.69, 9.17) is 14.2 Å². The van der Waals surface area contributed by atoms with Crippen LogP contribution in [0.25, 0.3) is 0 Å². The molecule has 0 radical (unpaired) electrons. The Bertz CT molecular complexity index is 204. The average molecular weight is 265 g/mol. The highest BCUT2D eigenvalue weighted by Crippen LogP contribution is 2.09. The van der Waals surface area contributed by atoms with E-state index in [2.05, 4.69) is 17.9 Å². The van der Waals surface area contributed by atoms with Gasteiger partial charge in [0.25, 0.3) is 0 Å². The molecular weight excluding hydrogens is 242 g/mol. The largest absolute Gasteiger partial charge is 0.383 e. The molecule has 0 aromatic carbocycles. The highest BCUT2D eigenvalue weighted by molar-refractivity contribution is 7.80. The number of hydrogen-bond acceptors (Lipinski definition) is 6. The third kappa shape index (κ3) is 7.72. The quantitative estimate of drug-likeness (QED) is 0.323. The zero-order valence-corrected chi connectivity index (χ0v) is 11.7. The van der Waals surface area contributed by atoms with Crippen LogP contribution < -0.4 is 5.32 Å². The zero-order valence-electron chi connectivity index (χ0n) is 10.8. The lowest BCUT2D eigenvalue weighted by atomic mass is 10.0. The van der Waals surface area contributed by atoms with E-state index in [1.165, 1.54) is 0 Å². The molecule has 0 bridgehead atoms. The second kappa shape index (κ2) is 9.85. The van der Waals surface area contributed by atoms with Crippen LogP contribution in [0, 0.1) is 0 Å². The van der Waals surface area contributed by atoms with Crippen LogP contribution in [-0.4, -0.2) is 57.3 Å². The fourth-order valence-corrected chi connectivity index (χ4v) is 1.47. The van der Waals surface area contributed by atoms with Gasteiger partial charge in [0, 0.05) is 7.11 Å². The maximum atomic E-state index is 10.5. The molecule has 5 nitrogen and oxygen atoms in total. The standard InChI is InChI=1S/C11H23NO4S/c1-10(2)16-8-11(6-14-3,7-15-9-17)12-4-5-13/h5,10,12,17H,4,6-9H2,1-3H3. The van der Waals surface area contributed by atoms with Gasteiger partial charge in [-0.05, 0) is 13.8 Å². The summed E-state index contributed by atoms with van der Waals surface area (Å²) in [5.74, 6) is 0.315. The number of hydrogen-bond donors (Lipinski definition) is 2. The van der Waals surface area contributed by atoms with Gasteiger partial charge in [-0.3, -0.25) is 5.32 Å². The van der Waals surface area contributed by atoms with Gasteiger partial charge in [-0.1, -0.05) is 0 Å². The first kappa shape index (κ1) is 16.9. The lowest BCUT2D eigenvalue weighted by Gasteiger charge is -2.33. The number of carbonyl (C=O) groups is 1. The van der Waals surface area contributed by atoms with Crippen molar-refractivity contribution in [1.82, 2.24) is 5.32 Å². The van der Waals surface area contributed by atoms with Gasteiger partial charge in [-0.2, -0.15) is 12.6 Å². The predicted molar refractivity (Wildman–Crippen MR) is 69.6 cm³/mol. The van der Waals surface area contributed by atoms with E-state index in [9.17, 15) is 4.79 Å². The number of nitrogens with one attached hydrogen (secondary N) is 1. The Hall–Kier alpha value is -0.140. The normalized spacial score (nSPS) is 14.9. The Morgan fingerprint density at radius 3 is 2.53 bits per heavy atom. The van der Waals surface area contributed by atoms with Crippen LogP contribution in [0.4, 0.5) is 0 Å². The van der Waals surface area contributed by atoms with E-state index in [0.717, 1.165) is 6.29 Å². The first-order valence-corrected chi connectivity index (χ1v) is 6.21. The molecule has 0 aliphatic heterocycles. The van der Waals surface area contributed by atoms with E-state index in [-0.39, 0.29) is 12.6 Å². The molecule has 102 valence electrons. The molecule has 0 aromatic rings. The number of rotatable bonds is 11. The van der Waals surface area contributed by atoms with E-state index in [0.29, 0.717) is 25.8 Å². The summed E-state index contributed by atoms with van der Waals surface area (Å²) < 4.78 is 16.1. The fourth-order valence-electron chi connectivity index (χ4n) is 1.38. The first-order valence-electron chi connectivity index (χ1n) is 5.58. The van der Waals surface area contributed by atoms with Crippen LogP contribution >= 0.6 is 12.6 Å². The van der Waals surface area contributed by atoms with Crippen LogP contribution in [0.1, 0.15) is 13.8 Å². The maximum Gasteiger partial charge on any atom is 0.133 e. The summed E-state index contributed by atoms with van der Waals surface area (Å²) in [5, 5.41) is 3.10. The Kier molecular flexibility index (Phi) is 9.76. The topological polar surface area (TPSA) is 56.8 Å². The van der Waals surface area contributed by atoms with Gasteiger partial charge in [-0.15, -0.1) is 0 Å². The number of aldehydes is 1. The van der Waals surface area contributed by atoms with Gasteiger partial charge in [-0.25, -0.2) is 0 Å². The SMILES string of the molecule is COCC(COCS)(COC(C)C)NCC=O. The molecule has 0 saturated heterocycles. The van der Waals surface area contributed by atoms with Crippen LogP contribution in [0.5, 0.6) is 0 Å². The van der Waals surface area contributed by atoms with Gasteiger partial charge in [0.15, 0.2) is 0 Å². The molecule has 1 atom stereocenters. The van der Waals surface area contributed by atoms with Crippen molar-refractivity contribution in [3.8, 4) is 0 Å². The minimum absolute atomic E-state index is 0.111. The average Bonchev–Trinajstić information content (AvgIpc) is 2.31. The third-order valence-electron chi connectivity index (χ3n) is 2.14. The van der Waals surface area contributed by atoms with Gasteiger partial charge in [0.05, 0.1) is 43.9 Å². The van der Waals surface area contributed by atoms with Gasteiger partial charge >= 0.3 is 0 Å². The second-order valence-electron chi connectivity index (χ2n) is 4.10. The zero-order chi connectivity index (χ0) is 13.1. The van der Waals surface area contributed by atoms with Crippen molar-refractivity contribution in [2.75, 3.05) is 39.4 Å². The molecule has 0 aliphatic carbocycles. The number of thiol groups is 1. The van der Waals surface area contributed by atoms with Gasteiger partial charge in [0.1, 0.15) is 6.29 Å². The number of ether oxygens (including phenoxy) is 3. The van der Waals surface area contributed by atoms with E-state index < -0.39 is 5.54 Å². The Labute approximate surface area is 109 Å². The summed E-state index contributed by atoms with van der Waals surface area (Å²) in [7, 11) is 1.60. The highest BCUT2D eigenvalue weighted by Gasteiger charge is 2.30. The van der Waals surface area contributed by atoms with Gasteiger partial charge in [0.2, 0.25) is 0 Å². The Morgan fingerprint density at radius 2 is 2.06 bits per heavy atom. The smallest absolute Gasteiger partial charge is 0.133 e. The minimum Gasteiger partial charge on any atom is -0.383 e. The molecule has 0 spiro atoms. The summed E-state index contributed by atoms with van der Waals surface area (Å²) in [4.78, 5) is 10.5. The number of methoxy groups -OCH3 is 1. The lowest BCUT2D eigenvalue weighted by Crippen LogP contribution is -2.57. The van der Waals surface area contributed by atoms with Crippen molar-refractivity contribution in [2.45, 2.75) is 25.5 Å². The van der Waals surface area contributed by atoms with Crippen LogP contribution in [0.15, 0.2) is 0 Å². The van der Waals surface area contributed by atoms with Crippen molar-refractivity contribution in [3.63, 3.8) is 0 Å². The summed E-state index contributed by atoms with van der Waals surface area (Å²) in [6.07, 6.45) is 0.917. The summed E-state index contributed by atoms with van der Waals surface area (Å²) in [6, 6.07) is 0. The van der Waals surface area contributed by atoms with Crippen LogP contribution in [-0.2, 0) is 19.0 Å². The van der Waals surface area contributed by atoms with Crippen LogP contribution in [0.2, 0.25) is 0 Å². The summed E-state index contributed by atoms with van der Waals surface area (Å²) in [6.45, 7) is 5.35. The second-order valence-corrected chi connectivity index (χ2v) is 4.36. The number of carbonyl (C=O) groups excluding carboxylic acids is 1. The first-order chi connectivity index (χ1) is 8.10. The monoisotopic (exact) mass is 265 g/mol. The fraction of sp³-hybridized carbons (Fsp3) is 0.909. The van der Waals surface area contributed by atoms with Crippen molar-refractivity contribution in [3.05, 3.63) is 0 Å². The van der Waals surface area contributed by atoms with Crippen molar-refractivity contribution in [1.29, 1.82) is 0 Å². The Morgan fingerprint density at radius 1 is 1.35 bits per heavy atom. The highest BCUT2D eigenvalue weighted by atomic mass is 32.1. The molecule has 1 N–H and O–H groups in total. The molecule has 1 unspecified atom stereocenters. The Balaban J connectivity index is 4.48. The molecule has 0 rings (SSSR count). The summed E-state index contributed by atoms with van der Waals surface area (Å²) >= 11 is 4.00. The van der Waals surface area contributed by atoms with E-state index in [1.54, 1.807) is 7.11 Å². The molecule has 0 fully saturated rings. The predicted octanol–water partition coefficient (Wildman–Crippen LogP) is 0.489. The maximum absolute atomic E-state index is 10.5. The summed E-state index contributed by atoms with van der Waals surface area (Å²) in [5.41, 5.74) is -0.511. The van der Waals surface area contributed by atoms with E-state index >= 15 is 0 Å². The molecule has 0 amide bonds. The molecule has 6 heteroatoms.